The summed E-state index contributed by atoms with van der Waals surface area (Å²) in [6, 6.07) is 6.32. The van der Waals surface area contributed by atoms with E-state index in [0.29, 0.717) is 38.4 Å². The Bertz CT molecular complexity index is 829. The van der Waals surface area contributed by atoms with Gasteiger partial charge in [0, 0.05) is 44.1 Å². The summed E-state index contributed by atoms with van der Waals surface area (Å²) in [5.41, 5.74) is 0.959. The molecule has 0 unspecified atom stereocenters. The number of benzene rings is 1. The molecule has 0 N–H and O–H groups in total. The summed E-state index contributed by atoms with van der Waals surface area (Å²) < 4.78 is 43.6. The molecule has 2 heterocycles. The van der Waals surface area contributed by atoms with Crippen LogP contribution in [0, 0.1) is 11.7 Å². The number of hydrogen-bond donors (Lipinski definition) is 0. The minimum Gasteiger partial charge on any atom is -0.344 e. The maximum absolute atomic E-state index is 13.0. The lowest BCUT2D eigenvalue weighted by molar-refractivity contribution is 0.381. The Morgan fingerprint density at radius 2 is 1.81 bits per heavy atom. The summed E-state index contributed by atoms with van der Waals surface area (Å²) in [6.07, 6.45) is 0.555. The van der Waals surface area contributed by atoms with Crippen LogP contribution in [0.1, 0.15) is 25.2 Å². The largest absolute Gasteiger partial charge is 0.344 e. The first kappa shape index (κ1) is 19.2. The quantitative estimate of drug-likeness (QED) is 0.747. The molecule has 0 amide bonds. The van der Waals surface area contributed by atoms with Crippen molar-refractivity contribution in [3.8, 4) is 0 Å². The van der Waals surface area contributed by atoms with E-state index in [4.69, 9.17) is 0 Å². The predicted molar refractivity (Wildman–Crippen MR) is 102 cm³/mol. The van der Waals surface area contributed by atoms with Gasteiger partial charge in [-0.15, -0.1) is 0 Å². The van der Waals surface area contributed by atoms with Crippen LogP contribution in [0.25, 0.3) is 0 Å². The fourth-order valence-electron chi connectivity index (χ4n) is 2.91. The summed E-state index contributed by atoms with van der Waals surface area (Å²) >= 11 is 1.32. The molecule has 1 aromatic carbocycles. The Morgan fingerprint density at radius 1 is 1.15 bits per heavy atom. The summed E-state index contributed by atoms with van der Waals surface area (Å²) in [4.78, 5) is 6.64. The van der Waals surface area contributed by atoms with Gasteiger partial charge in [-0.25, -0.2) is 17.8 Å². The van der Waals surface area contributed by atoms with Crippen molar-refractivity contribution < 1.29 is 12.8 Å². The lowest BCUT2D eigenvalue weighted by atomic mass is 10.1. The van der Waals surface area contributed by atoms with Crippen LogP contribution in [-0.4, -0.2) is 54.0 Å². The first-order valence-corrected chi connectivity index (χ1v) is 11.0. The highest BCUT2D eigenvalue weighted by atomic mass is 32.2. The third-order valence-corrected chi connectivity index (χ3v) is 7.23. The van der Waals surface area contributed by atoms with Gasteiger partial charge in [0.15, 0.2) is 0 Å². The molecule has 1 saturated heterocycles. The van der Waals surface area contributed by atoms with Gasteiger partial charge < -0.3 is 4.90 Å². The number of anilines is 1. The summed E-state index contributed by atoms with van der Waals surface area (Å²) in [6.45, 7) is 6.00. The van der Waals surface area contributed by atoms with E-state index in [1.165, 1.54) is 23.7 Å². The smallest absolute Gasteiger partial charge is 0.214 e. The average molecular weight is 399 g/mol. The van der Waals surface area contributed by atoms with Crippen LogP contribution in [0.5, 0.6) is 0 Å². The van der Waals surface area contributed by atoms with Gasteiger partial charge in [0.05, 0.1) is 5.75 Å². The van der Waals surface area contributed by atoms with Crippen molar-refractivity contribution in [3.05, 3.63) is 41.5 Å². The molecule has 0 atom stereocenters. The van der Waals surface area contributed by atoms with E-state index >= 15 is 0 Å². The van der Waals surface area contributed by atoms with Crippen molar-refractivity contribution in [1.29, 1.82) is 0 Å². The molecule has 0 saturated carbocycles. The van der Waals surface area contributed by atoms with Gasteiger partial charge >= 0.3 is 0 Å². The highest BCUT2D eigenvalue weighted by molar-refractivity contribution is 7.89. The van der Waals surface area contributed by atoms with Crippen LogP contribution in [-0.2, 0) is 16.4 Å². The maximum Gasteiger partial charge on any atom is 0.214 e. The molecule has 142 valence electrons. The Hall–Kier alpha value is -1.58. The lowest BCUT2D eigenvalue weighted by Gasteiger charge is -2.33. The number of hydrogen-bond acceptors (Lipinski definition) is 6. The first-order valence-electron chi connectivity index (χ1n) is 8.63. The number of aromatic nitrogens is 2. The maximum atomic E-state index is 13.0. The van der Waals surface area contributed by atoms with Gasteiger partial charge in [-0.2, -0.15) is 8.68 Å². The number of rotatable bonds is 6. The molecule has 0 radical (unpaired) electrons. The molecule has 1 aliphatic rings. The van der Waals surface area contributed by atoms with Crippen molar-refractivity contribution in [2.45, 2.75) is 20.3 Å². The molecule has 1 fully saturated rings. The first-order chi connectivity index (χ1) is 12.3. The van der Waals surface area contributed by atoms with Gasteiger partial charge in [0.1, 0.15) is 11.6 Å². The van der Waals surface area contributed by atoms with Crippen molar-refractivity contribution >= 4 is 26.7 Å². The highest BCUT2D eigenvalue weighted by Crippen LogP contribution is 2.21. The van der Waals surface area contributed by atoms with E-state index in [1.807, 2.05) is 13.8 Å². The Kier molecular flexibility index (Phi) is 5.89. The van der Waals surface area contributed by atoms with E-state index in [9.17, 15) is 12.8 Å². The molecule has 3 rings (SSSR count). The zero-order valence-electron chi connectivity index (χ0n) is 14.9. The molecular formula is C17H23FN4O2S2. The summed E-state index contributed by atoms with van der Waals surface area (Å²) in [5.74, 6) is 0.751. The van der Waals surface area contributed by atoms with Crippen molar-refractivity contribution in [2.75, 3.05) is 36.8 Å². The second-order valence-electron chi connectivity index (χ2n) is 6.85. The third kappa shape index (κ3) is 4.77. The zero-order chi connectivity index (χ0) is 18.7. The standard InChI is InChI=1S/C17H23FN4O2S2/c1-13(2)12-26(23,24)22-9-7-21(8-10-22)17-19-16(20-25-17)11-14-3-5-15(18)6-4-14/h3-6,13H,7-12H2,1-2H3. The predicted octanol–water partition coefficient (Wildman–Crippen LogP) is 2.38. The van der Waals surface area contributed by atoms with Crippen LogP contribution in [0.4, 0.5) is 9.52 Å². The molecule has 0 spiro atoms. The van der Waals surface area contributed by atoms with E-state index in [1.54, 1.807) is 16.4 Å². The SMILES string of the molecule is CC(C)CS(=O)(=O)N1CCN(c2nc(Cc3ccc(F)cc3)ns2)CC1. The van der Waals surface area contributed by atoms with Crippen LogP contribution in [0.3, 0.4) is 0 Å². The van der Waals surface area contributed by atoms with Crippen LogP contribution in [0.15, 0.2) is 24.3 Å². The summed E-state index contributed by atoms with van der Waals surface area (Å²) in [7, 11) is -3.18. The molecule has 1 aromatic heterocycles. The topological polar surface area (TPSA) is 66.4 Å². The number of halogens is 1. The second kappa shape index (κ2) is 7.98. The number of sulfonamides is 1. The normalized spacial score (nSPS) is 16.4. The van der Waals surface area contributed by atoms with Crippen molar-refractivity contribution in [2.24, 2.45) is 5.92 Å². The van der Waals surface area contributed by atoms with Crippen LogP contribution < -0.4 is 4.90 Å². The van der Waals surface area contributed by atoms with Crippen molar-refractivity contribution in [1.82, 2.24) is 13.7 Å². The van der Waals surface area contributed by atoms with Gasteiger partial charge in [0.2, 0.25) is 15.2 Å². The summed E-state index contributed by atoms with van der Waals surface area (Å²) in [5, 5.41) is 0.808. The monoisotopic (exact) mass is 398 g/mol. The average Bonchev–Trinajstić information content (AvgIpc) is 3.04. The molecular weight excluding hydrogens is 375 g/mol. The fourth-order valence-corrected chi connectivity index (χ4v) is 5.42. The second-order valence-corrected chi connectivity index (χ2v) is 9.60. The zero-order valence-corrected chi connectivity index (χ0v) is 16.6. The van der Waals surface area contributed by atoms with E-state index in [2.05, 4.69) is 14.3 Å². The Morgan fingerprint density at radius 3 is 2.42 bits per heavy atom. The third-order valence-electron chi connectivity index (χ3n) is 4.18. The minimum absolute atomic E-state index is 0.121. The molecule has 1 aliphatic heterocycles. The van der Waals surface area contributed by atoms with Crippen molar-refractivity contribution in [3.63, 3.8) is 0 Å². The van der Waals surface area contributed by atoms with E-state index in [0.717, 1.165) is 10.7 Å². The highest BCUT2D eigenvalue weighted by Gasteiger charge is 2.28. The Balaban J connectivity index is 1.58. The molecule has 0 aliphatic carbocycles. The lowest BCUT2D eigenvalue weighted by Crippen LogP contribution is -2.49. The fraction of sp³-hybridized carbons (Fsp3) is 0.529. The van der Waals surface area contributed by atoms with Gasteiger partial charge in [-0.05, 0) is 23.6 Å². The molecule has 2 aromatic rings. The van der Waals surface area contributed by atoms with E-state index in [-0.39, 0.29) is 17.5 Å². The van der Waals surface area contributed by atoms with Crippen LogP contribution in [0.2, 0.25) is 0 Å². The Labute approximate surface area is 157 Å². The molecule has 9 heteroatoms. The number of piperazine rings is 1. The van der Waals surface area contributed by atoms with Crippen LogP contribution >= 0.6 is 11.5 Å². The van der Waals surface area contributed by atoms with E-state index < -0.39 is 10.0 Å². The number of nitrogens with zero attached hydrogens (tertiary/aromatic N) is 4. The van der Waals surface area contributed by atoms with Gasteiger partial charge in [-0.3, -0.25) is 0 Å². The molecule has 0 bridgehead atoms. The minimum atomic E-state index is -3.18. The molecule has 26 heavy (non-hydrogen) atoms. The van der Waals surface area contributed by atoms with Gasteiger partial charge in [-0.1, -0.05) is 26.0 Å². The molecule has 6 nitrogen and oxygen atoms in total. The van der Waals surface area contributed by atoms with Gasteiger partial charge in [0.25, 0.3) is 0 Å².